The summed E-state index contributed by atoms with van der Waals surface area (Å²) in [7, 11) is 2.76. The van der Waals surface area contributed by atoms with Crippen LogP contribution in [0.4, 0.5) is 0 Å². The number of methoxy groups -OCH3 is 2. The maximum atomic E-state index is 12.1. The molecule has 6 nitrogen and oxygen atoms in total. The second-order valence-electron chi connectivity index (χ2n) is 4.66. The molecule has 114 valence electrons. The van der Waals surface area contributed by atoms with Gasteiger partial charge in [-0.25, -0.2) is 4.79 Å². The van der Waals surface area contributed by atoms with E-state index >= 15 is 0 Å². The second kappa shape index (κ2) is 7.08. The van der Waals surface area contributed by atoms with Gasteiger partial charge in [0.2, 0.25) is 0 Å². The molecule has 6 heteroatoms. The monoisotopic (exact) mass is 294 g/mol. The summed E-state index contributed by atoms with van der Waals surface area (Å²) in [6, 6.07) is 4.64. The second-order valence-corrected chi connectivity index (χ2v) is 4.66. The highest BCUT2D eigenvalue weighted by atomic mass is 16.5. The van der Waals surface area contributed by atoms with E-state index in [0.717, 1.165) is 0 Å². The summed E-state index contributed by atoms with van der Waals surface area (Å²) in [6.07, 6.45) is 1.26. The number of hydrogen-bond acceptors (Lipinski definition) is 6. The summed E-state index contributed by atoms with van der Waals surface area (Å²) in [4.78, 5) is 23.9. The van der Waals surface area contributed by atoms with E-state index in [2.05, 4.69) is 0 Å². The first-order valence-corrected chi connectivity index (χ1v) is 6.71. The average Bonchev–Trinajstić information content (AvgIpc) is 2.55. The molecule has 1 aliphatic rings. The van der Waals surface area contributed by atoms with Crippen molar-refractivity contribution in [1.82, 2.24) is 0 Å². The Balaban J connectivity index is 2.18. The predicted molar refractivity (Wildman–Crippen MR) is 73.5 cm³/mol. The summed E-state index contributed by atoms with van der Waals surface area (Å²) in [5, 5.41) is 0. The lowest BCUT2D eigenvalue weighted by Gasteiger charge is -2.20. The van der Waals surface area contributed by atoms with Gasteiger partial charge in [-0.1, -0.05) is 0 Å². The van der Waals surface area contributed by atoms with Crippen LogP contribution in [0.3, 0.4) is 0 Å². The van der Waals surface area contributed by atoms with Crippen LogP contribution < -0.4 is 9.47 Å². The first kappa shape index (κ1) is 15.3. The van der Waals surface area contributed by atoms with Crippen LogP contribution in [0.15, 0.2) is 18.2 Å². The highest BCUT2D eigenvalue weighted by Crippen LogP contribution is 2.27. The minimum absolute atomic E-state index is 0.164. The molecule has 0 saturated carbocycles. The van der Waals surface area contributed by atoms with Crippen molar-refractivity contribution in [3.63, 3.8) is 0 Å². The van der Waals surface area contributed by atoms with Gasteiger partial charge in [-0.3, -0.25) is 4.79 Å². The van der Waals surface area contributed by atoms with E-state index in [0.29, 0.717) is 31.8 Å². The van der Waals surface area contributed by atoms with Crippen LogP contribution in [0.1, 0.15) is 23.2 Å². The largest absolute Gasteiger partial charge is 0.497 e. The molecule has 1 aromatic carbocycles. The Morgan fingerprint density at radius 3 is 2.52 bits per heavy atom. The molecule has 1 heterocycles. The van der Waals surface area contributed by atoms with Gasteiger partial charge in [0.1, 0.15) is 17.1 Å². The lowest BCUT2D eigenvalue weighted by atomic mass is 10.0. The maximum absolute atomic E-state index is 12.1. The third kappa shape index (κ3) is 3.72. The summed E-state index contributed by atoms with van der Waals surface area (Å²) < 4.78 is 20.3. The van der Waals surface area contributed by atoms with E-state index in [-0.39, 0.29) is 23.2 Å². The van der Waals surface area contributed by atoms with Crippen molar-refractivity contribution in [2.24, 2.45) is 5.92 Å². The summed E-state index contributed by atoms with van der Waals surface area (Å²) in [5.41, 5.74) is 0.164. The van der Waals surface area contributed by atoms with Gasteiger partial charge in [0.05, 0.1) is 20.1 Å². The van der Waals surface area contributed by atoms with Gasteiger partial charge in [-0.15, -0.1) is 0 Å². The molecule has 0 atom stereocenters. The van der Waals surface area contributed by atoms with Crippen molar-refractivity contribution in [1.29, 1.82) is 0 Å². The van der Waals surface area contributed by atoms with Crippen molar-refractivity contribution in [2.45, 2.75) is 12.8 Å². The lowest BCUT2D eigenvalue weighted by molar-refractivity contribution is -0.142. The van der Waals surface area contributed by atoms with Gasteiger partial charge in [0, 0.05) is 13.2 Å². The number of ether oxygens (including phenoxy) is 4. The standard InChI is InChI=1S/C15H18O6/c1-18-11-3-4-13(12(9-11)15(17)19-2)21-14(16)10-5-7-20-8-6-10/h3-4,9-10H,5-8H2,1-2H3. The van der Waals surface area contributed by atoms with Crippen molar-refractivity contribution in [3.05, 3.63) is 23.8 Å². The van der Waals surface area contributed by atoms with Crippen LogP contribution in [0.5, 0.6) is 11.5 Å². The van der Waals surface area contributed by atoms with E-state index in [1.54, 1.807) is 6.07 Å². The van der Waals surface area contributed by atoms with Crippen LogP contribution in [0.2, 0.25) is 0 Å². The van der Waals surface area contributed by atoms with Gasteiger partial charge in [-0.05, 0) is 31.0 Å². The third-order valence-electron chi connectivity index (χ3n) is 3.36. The van der Waals surface area contributed by atoms with Gasteiger partial charge in [-0.2, -0.15) is 0 Å². The Labute approximate surface area is 122 Å². The highest BCUT2D eigenvalue weighted by molar-refractivity contribution is 5.94. The van der Waals surface area contributed by atoms with E-state index in [9.17, 15) is 9.59 Å². The van der Waals surface area contributed by atoms with E-state index < -0.39 is 5.97 Å². The molecule has 0 radical (unpaired) electrons. The van der Waals surface area contributed by atoms with E-state index in [1.807, 2.05) is 0 Å². The Bertz CT molecular complexity index is 519. The zero-order valence-corrected chi connectivity index (χ0v) is 12.1. The Morgan fingerprint density at radius 1 is 1.19 bits per heavy atom. The van der Waals surface area contributed by atoms with Gasteiger partial charge < -0.3 is 18.9 Å². The first-order valence-electron chi connectivity index (χ1n) is 6.71. The Morgan fingerprint density at radius 2 is 1.90 bits per heavy atom. The molecule has 0 aromatic heterocycles. The van der Waals surface area contributed by atoms with Crippen LogP contribution >= 0.6 is 0 Å². The predicted octanol–water partition coefficient (Wildman–Crippen LogP) is 1.81. The molecule has 1 fully saturated rings. The number of esters is 2. The molecule has 1 saturated heterocycles. The fourth-order valence-corrected chi connectivity index (χ4v) is 2.12. The molecule has 21 heavy (non-hydrogen) atoms. The third-order valence-corrected chi connectivity index (χ3v) is 3.36. The Kier molecular flexibility index (Phi) is 5.16. The van der Waals surface area contributed by atoms with Gasteiger partial charge in [0.25, 0.3) is 0 Å². The lowest BCUT2D eigenvalue weighted by Crippen LogP contribution is -2.27. The van der Waals surface area contributed by atoms with E-state index in [1.165, 1.54) is 26.4 Å². The number of rotatable bonds is 4. The molecule has 0 spiro atoms. The van der Waals surface area contributed by atoms with E-state index in [4.69, 9.17) is 18.9 Å². The summed E-state index contributed by atoms with van der Waals surface area (Å²) >= 11 is 0. The molecule has 0 N–H and O–H groups in total. The minimum atomic E-state index is -0.580. The smallest absolute Gasteiger partial charge is 0.341 e. The topological polar surface area (TPSA) is 71.1 Å². The average molecular weight is 294 g/mol. The highest BCUT2D eigenvalue weighted by Gasteiger charge is 2.25. The fraction of sp³-hybridized carbons (Fsp3) is 0.467. The zero-order valence-electron chi connectivity index (χ0n) is 12.1. The number of carbonyl (C=O) groups is 2. The molecule has 2 rings (SSSR count). The van der Waals surface area contributed by atoms with Crippen molar-refractivity contribution >= 4 is 11.9 Å². The van der Waals surface area contributed by atoms with Crippen LogP contribution in [-0.4, -0.2) is 39.4 Å². The molecule has 1 aliphatic heterocycles. The van der Waals surface area contributed by atoms with Crippen molar-refractivity contribution < 1.29 is 28.5 Å². The first-order chi connectivity index (χ1) is 10.2. The molecule has 0 unspecified atom stereocenters. The number of carbonyl (C=O) groups excluding carboxylic acids is 2. The minimum Gasteiger partial charge on any atom is -0.497 e. The van der Waals surface area contributed by atoms with Crippen molar-refractivity contribution in [3.8, 4) is 11.5 Å². The maximum Gasteiger partial charge on any atom is 0.341 e. The Hall–Kier alpha value is -2.08. The van der Waals surface area contributed by atoms with Crippen LogP contribution in [-0.2, 0) is 14.3 Å². The zero-order chi connectivity index (χ0) is 15.2. The molecule has 1 aromatic rings. The summed E-state index contributed by atoms with van der Waals surface area (Å²) in [6.45, 7) is 1.10. The van der Waals surface area contributed by atoms with Gasteiger partial charge >= 0.3 is 11.9 Å². The molecule has 0 amide bonds. The van der Waals surface area contributed by atoms with Gasteiger partial charge in [0.15, 0.2) is 0 Å². The fourth-order valence-electron chi connectivity index (χ4n) is 2.12. The molecular formula is C15H18O6. The quantitative estimate of drug-likeness (QED) is 0.623. The SMILES string of the molecule is COC(=O)c1cc(OC)ccc1OC(=O)C1CCOCC1. The van der Waals surface area contributed by atoms with Crippen LogP contribution in [0, 0.1) is 5.92 Å². The normalized spacial score (nSPS) is 15.3. The van der Waals surface area contributed by atoms with Crippen molar-refractivity contribution in [2.75, 3.05) is 27.4 Å². The molecule has 0 bridgehead atoms. The van der Waals surface area contributed by atoms with Crippen LogP contribution in [0.25, 0.3) is 0 Å². The number of hydrogen-bond donors (Lipinski definition) is 0. The molecular weight excluding hydrogens is 276 g/mol. The molecule has 0 aliphatic carbocycles. The summed E-state index contributed by atoms with van der Waals surface area (Å²) in [5.74, 6) is -0.468. The number of benzene rings is 1.